The summed E-state index contributed by atoms with van der Waals surface area (Å²) in [5, 5.41) is 0. The molecule has 0 spiro atoms. The molecule has 0 unspecified atom stereocenters. The zero-order valence-corrected chi connectivity index (χ0v) is 13.5. The Morgan fingerprint density at radius 3 is 2.32 bits per heavy atom. The molecule has 0 saturated heterocycles. The Labute approximate surface area is 131 Å². The van der Waals surface area contributed by atoms with Crippen molar-refractivity contribution in [2.45, 2.75) is 20.3 Å². The predicted molar refractivity (Wildman–Crippen MR) is 85.5 cm³/mol. The van der Waals surface area contributed by atoms with Crippen molar-refractivity contribution < 1.29 is 14.3 Å². The van der Waals surface area contributed by atoms with E-state index in [1.807, 2.05) is 13.8 Å². The maximum Gasteiger partial charge on any atom is 0.248 e. The van der Waals surface area contributed by atoms with Crippen LogP contribution in [0.3, 0.4) is 0 Å². The predicted octanol–water partition coefficient (Wildman–Crippen LogP) is 0.998. The van der Waals surface area contributed by atoms with Crippen LogP contribution in [0.5, 0.6) is 5.75 Å². The van der Waals surface area contributed by atoms with E-state index in [0.717, 1.165) is 0 Å². The van der Waals surface area contributed by atoms with Crippen LogP contribution in [-0.4, -0.2) is 43.5 Å². The monoisotopic (exact) mass is 307 g/mol. The number of primary amides is 1. The Hall–Kier alpha value is -2.08. The van der Waals surface area contributed by atoms with E-state index in [1.54, 1.807) is 36.2 Å². The number of nitrogens with two attached hydrogens (primary N) is 2. The fourth-order valence-electron chi connectivity index (χ4n) is 1.96. The van der Waals surface area contributed by atoms with Gasteiger partial charge in [0.2, 0.25) is 11.8 Å². The molecule has 0 aliphatic carbocycles. The van der Waals surface area contributed by atoms with E-state index in [4.69, 9.17) is 16.2 Å². The number of rotatable bonds is 8. The van der Waals surface area contributed by atoms with Crippen LogP contribution < -0.4 is 16.2 Å². The molecule has 6 heteroatoms. The largest absolute Gasteiger partial charge is 0.493 e. The van der Waals surface area contributed by atoms with Gasteiger partial charge in [0.15, 0.2) is 0 Å². The van der Waals surface area contributed by atoms with Crippen molar-refractivity contribution in [3.63, 3.8) is 0 Å². The summed E-state index contributed by atoms with van der Waals surface area (Å²) in [6.45, 7) is 5.45. The lowest BCUT2D eigenvalue weighted by Gasteiger charge is -2.29. The summed E-state index contributed by atoms with van der Waals surface area (Å²) < 4.78 is 5.49. The van der Waals surface area contributed by atoms with E-state index < -0.39 is 5.91 Å². The quantitative estimate of drug-likeness (QED) is 0.748. The minimum absolute atomic E-state index is 0.00952. The summed E-state index contributed by atoms with van der Waals surface area (Å²) in [5.41, 5.74) is 11.2. The summed E-state index contributed by atoms with van der Waals surface area (Å²) in [6, 6.07) is 6.50. The summed E-state index contributed by atoms with van der Waals surface area (Å²) >= 11 is 0. The van der Waals surface area contributed by atoms with E-state index in [2.05, 4.69) is 0 Å². The van der Waals surface area contributed by atoms with Crippen molar-refractivity contribution in [3.8, 4) is 5.75 Å². The Bertz CT molecular complexity index is 512. The average Bonchev–Trinajstić information content (AvgIpc) is 2.47. The molecule has 0 bridgehead atoms. The normalized spacial score (nSPS) is 11.1. The third-order valence-electron chi connectivity index (χ3n) is 3.37. The Morgan fingerprint density at radius 1 is 1.23 bits per heavy atom. The van der Waals surface area contributed by atoms with Crippen LogP contribution >= 0.6 is 0 Å². The maximum atomic E-state index is 12.0. The van der Waals surface area contributed by atoms with Crippen LogP contribution in [0, 0.1) is 5.41 Å². The third kappa shape index (κ3) is 5.73. The first-order chi connectivity index (χ1) is 10.2. The van der Waals surface area contributed by atoms with Crippen molar-refractivity contribution in [1.29, 1.82) is 0 Å². The molecule has 1 aromatic rings. The van der Waals surface area contributed by atoms with Crippen LogP contribution in [0.2, 0.25) is 0 Å². The lowest BCUT2D eigenvalue weighted by Crippen LogP contribution is -2.40. The number of benzene rings is 1. The first-order valence-electron chi connectivity index (χ1n) is 7.22. The molecule has 0 heterocycles. The number of carbonyl (C=O) groups is 2. The highest BCUT2D eigenvalue weighted by Gasteiger charge is 2.20. The van der Waals surface area contributed by atoms with Crippen molar-refractivity contribution in [1.82, 2.24) is 4.90 Å². The molecular formula is C16H25N3O3. The summed E-state index contributed by atoms with van der Waals surface area (Å²) in [5.74, 6) is 0.129. The Balaban J connectivity index is 2.40. The standard InChI is InChI=1S/C16H25N3O3/c1-16(2,10-17)11-19(3)14(20)8-9-22-13-6-4-12(5-7-13)15(18)21/h4-7H,8-11,17H2,1-3H3,(H2,18,21). The van der Waals surface area contributed by atoms with E-state index in [1.165, 1.54) is 0 Å². The molecule has 0 aromatic heterocycles. The van der Waals surface area contributed by atoms with Crippen molar-refractivity contribution in [3.05, 3.63) is 29.8 Å². The third-order valence-corrected chi connectivity index (χ3v) is 3.37. The number of amides is 2. The first kappa shape index (κ1) is 18.0. The van der Waals surface area contributed by atoms with E-state index in [0.29, 0.717) is 24.4 Å². The summed E-state index contributed by atoms with van der Waals surface area (Å²) in [4.78, 5) is 24.6. The molecule has 0 saturated carbocycles. The van der Waals surface area contributed by atoms with E-state index in [-0.39, 0.29) is 24.3 Å². The first-order valence-corrected chi connectivity index (χ1v) is 7.22. The van der Waals surface area contributed by atoms with Crippen molar-refractivity contribution in [2.75, 3.05) is 26.7 Å². The molecule has 0 atom stereocenters. The highest BCUT2D eigenvalue weighted by Crippen LogP contribution is 2.15. The minimum Gasteiger partial charge on any atom is -0.493 e. The number of carbonyl (C=O) groups excluding carboxylic acids is 2. The Morgan fingerprint density at radius 2 is 1.82 bits per heavy atom. The molecule has 2 amide bonds. The molecule has 22 heavy (non-hydrogen) atoms. The van der Waals surface area contributed by atoms with Crippen molar-refractivity contribution >= 4 is 11.8 Å². The van der Waals surface area contributed by atoms with E-state index >= 15 is 0 Å². The molecular weight excluding hydrogens is 282 g/mol. The maximum absolute atomic E-state index is 12.0. The molecule has 4 N–H and O–H groups in total. The zero-order valence-electron chi connectivity index (χ0n) is 13.5. The van der Waals surface area contributed by atoms with Crippen LogP contribution in [-0.2, 0) is 4.79 Å². The number of hydrogen-bond acceptors (Lipinski definition) is 4. The van der Waals surface area contributed by atoms with Gasteiger partial charge in [-0.15, -0.1) is 0 Å². The fraction of sp³-hybridized carbons (Fsp3) is 0.500. The molecule has 0 aliphatic heterocycles. The van der Waals surface area contributed by atoms with Gasteiger partial charge >= 0.3 is 0 Å². The SMILES string of the molecule is CN(CC(C)(C)CN)C(=O)CCOc1ccc(C(N)=O)cc1. The topological polar surface area (TPSA) is 98.7 Å². The van der Waals surface area contributed by atoms with Gasteiger partial charge in [-0.3, -0.25) is 9.59 Å². The lowest BCUT2D eigenvalue weighted by atomic mass is 9.93. The number of nitrogens with zero attached hydrogens (tertiary/aromatic N) is 1. The van der Waals surface area contributed by atoms with Gasteiger partial charge in [0, 0.05) is 19.2 Å². The van der Waals surface area contributed by atoms with Crippen molar-refractivity contribution in [2.24, 2.45) is 16.9 Å². The van der Waals surface area contributed by atoms with E-state index in [9.17, 15) is 9.59 Å². The molecule has 1 rings (SSSR count). The van der Waals surface area contributed by atoms with Gasteiger partial charge in [-0.05, 0) is 36.2 Å². The second kappa shape index (κ2) is 7.79. The minimum atomic E-state index is -0.481. The highest BCUT2D eigenvalue weighted by molar-refractivity contribution is 5.92. The van der Waals surface area contributed by atoms with Gasteiger partial charge < -0.3 is 21.1 Å². The number of hydrogen-bond donors (Lipinski definition) is 2. The second-order valence-electron chi connectivity index (χ2n) is 6.11. The van der Waals surface area contributed by atoms with Crippen LogP contribution in [0.1, 0.15) is 30.6 Å². The highest BCUT2D eigenvalue weighted by atomic mass is 16.5. The summed E-state index contributed by atoms with van der Waals surface area (Å²) in [7, 11) is 1.77. The zero-order chi connectivity index (χ0) is 16.8. The Kier molecular flexibility index (Phi) is 6.37. The molecule has 122 valence electrons. The van der Waals surface area contributed by atoms with Gasteiger partial charge in [-0.25, -0.2) is 0 Å². The van der Waals surface area contributed by atoms with Crippen LogP contribution in [0.25, 0.3) is 0 Å². The molecule has 0 aliphatic rings. The second-order valence-corrected chi connectivity index (χ2v) is 6.11. The lowest BCUT2D eigenvalue weighted by molar-refractivity contribution is -0.131. The smallest absolute Gasteiger partial charge is 0.248 e. The van der Waals surface area contributed by atoms with Crippen LogP contribution in [0.15, 0.2) is 24.3 Å². The van der Waals surface area contributed by atoms with Gasteiger partial charge in [-0.1, -0.05) is 13.8 Å². The van der Waals surface area contributed by atoms with Gasteiger partial charge in [0.1, 0.15) is 5.75 Å². The molecule has 0 fully saturated rings. The fourth-order valence-corrected chi connectivity index (χ4v) is 1.96. The van der Waals surface area contributed by atoms with Crippen LogP contribution in [0.4, 0.5) is 0 Å². The van der Waals surface area contributed by atoms with Gasteiger partial charge in [-0.2, -0.15) is 0 Å². The summed E-state index contributed by atoms with van der Waals surface area (Å²) in [6.07, 6.45) is 0.286. The molecule has 6 nitrogen and oxygen atoms in total. The number of ether oxygens (including phenoxy) is 1. The molecule has 0 radical (unpaired) electrons. The van der Waals surface area contributed by atoms with Gasteiger partial charge in [0.25, 0.3) is 0 Å². The average molecular weight is 307 g/mol. The molecule has 1 aromatic carbocycles. The van der Waals surface area contributed by atoms with Gasteiger partial charge in [0.05, 0.1) is 13.0 Å².